The molecule has 0 unspecified atom stereocenters. The van der Waals surface area contributed by atoms with E-state index in [-0.39, 0.29) is 0 Å². The molecule has 0 saturated carbocycles. The third kappa shape index (κ3) is 5.29. The van der Waals surface area contributed by atoms with E-state index in [4.69, 9.17) is 23.2 Å². The largest absolute Gasteiger partial charge is 0.369 e. The maximum Gasteiger partial charge on any atom is 0.249 e. The highest BCUT2D eigenvalue weighted by Crippen LogP contribution is 2.27. The maximum absolute atomic E-state index is 6.10. The van der Waals surface area contributed by atoms with Crippen molar-refractivity contribution >= 4 is 40.7 Å². The number of aromatic nitrogens is 3. The zero-order valence-electron chi connectivity index (χ0n) is 12.5. The number of hydrogen-bond donors (Lipinski definition) is 2. The van der Waals surface area contributed by atoms with Gasteiger partial charge in [0.2, 0.25) is 5.95 Å². The lowest BCUT2D eigenvalue weighted by Crippen LogP contribution is -2.17. The Kier molecular flexibility index (Phi) is 6.18. The zero-order valence-corrected chi connectivity index (χ0v) is 14.0. The van der Waals surface area contributed by atoms with Crippen molar-refractivity contribution in [1.82, 2.24) is 20.1 Å². The molecule has 0 saturated heterocycles. The number of hydrogen-bond acceptors (Lipinski definition) is 6. The number of benzene rings is 1. The van der Waals surface area contributed by atoms with E-state index in [2.05, 4.69) is 30.7 Å². The van der Waals surface area contributed by atoms with Gasteiger partial charge in [-0.3, -0.25) is 0 Å². The van der Waals surface area contributed by atoms with Crippen molar-refractivity contribution in [3.8, 4) is 0 Å². The van der Waals surface area contributed by atoms with Crippen LogP contribution in [0.1, 0.15) is 6.42 Å². The van der Waals surface area contributed by atoms with Crippen LogP contribution in [0.2, 0.25) is 10.0 Å². The first-order valence-electron chi connectivity index (χ1n) is 6.85. The third-order valence-electron chi connectivity index (χ3n) is 2.82. The Balaban J connectivity index is 1.97. The van der Waals surface area contributed by atoms with E-state index >= 15 is 0 Å². The monoisotopic (exact) mass is 340 g/mol. The van der Waals surface area contributed by atoms with Crippen LogP contribution in [0.25, 0.3) is 0 Å². The van der Waals surface area contributed by atoms with Crippen molar-refractivity contribution in [2.45, 2.75) is 6.42 Å². The highest BCUT2D eigenvalue weighted by atomic mass is 35.5. The molecule has 0 aliphatic carbocycles. The van der Waals surface area contributed by atoms with Crippen LogP contribution in [-0.2, 0) is 0 Å². The predicted octanol–water partition coefficient (Wildman–Crippen LogP) is 3.29. The number of nitrogens with one attached hydrogen (secondary N) is 2. The van der Waals surface area contributed by atoms with Gasteiger partial charge in [-0.05, 0) is 45.3 Å². The van der Waals surface area contributed by atoms with Gasteiger partial charge in [-0.15, -0.1) is 5.10 Å². The summed E-state index contributed by atoms with van der Waals surface area (Å²) in [4.78, 5) is 6.48. The van der Waals surface area contributed by atoms with Gasteiger partial charge in [0.15, 0.2) is 5.82 Å². The molecule has 0 aliphatic heterocycles. The van der Waals surface area contributed by atoms with E-state index in [1.165, 1.54) is 0 Å². The first kappa shape index (κ1) is 16.7. The van der Waals surface area contributed by atoms with E-state index in [1.807, 2.05) is 14.1 Å². The second kappa shape index (κ2) is 8.12. The third-order valence-corrected chi connectivity index (χ3v) is 3.39. The zero-order chi connectivity index (χ0) is 15.9. The van der Waals surface area contributed by atoms with E-state index < -0.39 is 0 Å². The lowest BCUT2D eigenvalue weighted by atomic mass is 10.3. The van der Waals surface area contributed by atoms with Gasteiger partial charge in [-0.25, -0.2) is 0 Å². The van der Waals surface area contributed by atoms with Gasteiger partial charge >= 0.3 is 0 Å². The van der Waals surface area contributed by atoms with Gasteiger partial charge in [0.05, 0.1) is 16.9 Å². The minimum Gasteiger partial charge on any atom is -0.369 e. The summed E-state index contributed by atoms with van der Waals surface area (Å²) in [6, 6.07) is 5.14. The Morgan fingerprint density at radius 1 is 1.23 bits per heavy atom. The van der Waals surface area contributed by atoms with Crippen LogP contribution in [0, 0.1) is 0 Å². The number of anilines is 3. The highest BCUT2D eigenvalue weighted by molar-refractivity contribution is 6.35. The van der Waals surface area contributed by atoms with Crippen LogP contribution < -0.4 is 10.6 Å². The summed E-state index contributed by atoms with van der Waals surface area (Å²) in [5.41, 5.74) is 0.640. The molecule has 22 heavy (non-hydrogen) atoms. The summed E-state index contributed by atoms with van der Waals surface area (Å²) < 4.78 is 0. The standard InChI is InChI=1S/C14H18Cl2N6/c1-22(2)7-3-6-17-13-9-18-21-14(20-13)19-12-8-10(15)4-5-11(12)16/h4-5,8-9H,3,6-7H2,1-2H3,(H2,17,19,20,21). The van der Waals surface area contributed by atoms with E-state index in [9.17, 15) is 0 Å². The van der Waals surface area contributed by atoms with Gasteiger partial charge in [-0.1, -0.05) is 23.2 Å². The molecule has 2 N–H and O–H groups in total. The molecule has 118 valence electrons. The SMILES string of the molecule is CN(C)CCCNc1cnnc(Nc2cc(Cl)ccc2Cl)n1. The molecule has 0 amide bonds. The minimum atomic E-state index is 0.363. The van der Waals surface area contributed by atoms with Crippen LogP contribution >= 0.6 is 23.2 Å². The van der Waals surface area contributed by atoms with Crippen LogP contribution in [0.4, 0.5) is 17.5 Å². The Morgan fingerprint density at radius 3 is 2.82 bits per heavy atom. The van der Waals surface area contributed by atoms with E-state index in [0.29, 0.717) is 27.5 Å². The Bertz CT molecular complexity index is 620. The molecule has 0 radical (unpaired) electrons. The maximum atomic E-state index is 6.10. The fraction of sp³-hybridized carbons (Fsp3) is 0.357. The lowest BCUT2D eigenvalue weighted by molar-refractivity contribution is 0.405. The van der Waals surface area contributed by atoms with E-state index in [0.717, 1.165) is 19.5 Å². The summed E-state index contributed by atoms with van der Waals surface area (Å²) in [5, 5.41) is 15.2. The number of rotatable bonds is 7. The molecule has 8 heteroatoms. The van der Waals surface area contributed by atoms with Gasteiger partial charge in [0.1, 0.15) is 0 Å². The minimum absolute atomic E-state index is 0.363. The van der Waals surface area contributed by atoms with Crippen molar-refractivity contribution in [2.75, 3.05) is 37.8 Å². The summed E-state index contributed by atoms with van der Waals surface area (Å²) in [7, 11) is 4.09. The second-order valence-corrected chi connectivity index (χ2v) is 5.84. The van der Waals surface area contributed by atoms with Crippen molar-refractivity contribution in [2.24, 2.45) is 0 Å². The molecule has 0 atom stereocenters. The van der Waals surface area contributed by atoms with Crippen LogP contribution in [-0.4, -0.2) is 47.3 Å². The molecule has 1 aromatic carbocycles. The van der Waals surface area contributed by atoms with Gasteiger partial charge in [0, 0.05) is 11.6 Å². The Labute approximate surface area is 139 Å². The average molecular weight is 341 g/mol. The molecular weight excluding hydrogens is 323 g/mol. The fourth-order valence-corrected chi connectivity index (χ4v) is 2.10. The molecule has 2 rings (SSSR count). The summed E-state index contributed by atoms with van der Waals surface area (Å²) in [6.45, 7) is 1.82. The molecular formula is C14H18Cl2N6. The Morgan fingerprint density at radius 2 is 2.05 bits per heavy atom. The molecule has 0 spiro atoms. The quantitative estimate of drug-likeness (QED) is 0.754. The molecule has 2 aromatic rings. The normalized spacial score (nSPS) is 10.8. The molecule has 1 aromatic heterocycles. The second-order valence-electron chi connectivity index (χ2n) is 5.00. The topological polar surface area (TPSA) is 66.0 Å². The van der Waals surface area contributed by atoms with Crippen molar-refractivity contribution in [3.63, 3.8) is 0 Å². The molecule has 6 nitrogen and oxygen atoms in total. The average Bonchev–Trinajstić information content (AvgIpc) is 2.48. The summed E-state index contributed by atoms with van der Waals surface area (Å²) in [5.74, 6) is 1.02. The first-order chi connectivity index (χ1) is 10.5. The Hall–Kier alpha value is -1.63. The number of nitrogens with zero attached hydrogens (tertiary/aromatic N) is 4. The summed E-state index contributed by atoms with van der Waals surface area (Å²) in [6.07, 6.45) is 2.60. The lowest BCUT2D eigenvalue weighted by Gasteiger charge is -2.11. The van der Waals surface area contributed by atoms with Gasteiger partial charge in [0.25, 0.3) is 0 Å². The summed E-state index contributed by atoms with van der Waals surface area (Å²) >= 11 is 12.1. The smallest absolute Gasteiger partial charge is 0.249 e. The molecule has 0 fully saturated rings. The predicted molar refractivity (Wildman–Crippen MR) is 91.2 cm³/mol. The van der Waals surface area contributed by atoms with Crippen LogP contribution in [0.3, 0.4) is 0 Å². The van der Waals surface area contributed by atoms with E-state index in [1.54, 1.807) is 24.4 Å². The van der Waals surface area contributed by atoms with Crippen LogP contribution in [0.5, 0.6) is 0 Å². The molecule has 0 bridgehead atoms. The van der Waals surface area contributed by atoms with Gasteiger partial charge in [-0.2, -0.15) is 10.1 Å². The highest BCUT2D eigenvalue weighted by Gasteiger charge is 2.05. The van der Waals surface area contributed by atoms with Gasteiger partial charge < -0.3 is 15.5 Å². The molecule has 0 aliphatic rings. The van der Waals surface area contributed by atoms with Crippen molar-refractivity contribution < 1.29 is 0 Å². The van der Waals surface area contributed by atoms with Crippen LogP contribution in [0.15, 0.2) is 24.4 Å². The first-order valence-corrected chi connectivity index (χ1v) is 7.60. The molecule has 1 heterocycles. The number of halogens is 2. The fourth-order valence-electron chi connectivity index (χ4n) is 1.77. The van der Waals surface area contributed by atoms with Crippen molar-refractivity contribution in [1.29, 1.82) is 0 Å². The van der Waals surface area contributed by atoms with Crippen molar-refractivity contribution in [3.05, 3.63) is 34.4 Å².